The van der Waals surface area contributed by atoms with Crippen molar-refractivity contribution in [1.29, 1.82) is 0 Å². The second-order valence-corrected chi connectivity index (χ2v) is 10.1. The Hall–Kier alpha value is -2.69. The third-order valence-corrected chi connectivity index (χ3v) is 7.76. The predicted octanol–water partition coefficient (Wildman–Crippen LogP) is 4.81. The van der Waals surface area contributed by atoms with Crippen LogP contribution < -0.4 is 10.9 Å². The zero-order valence-corrected chi connectivity index (χ0v) is 19.5. The van der Waals surface area contributed by atoms with Crippen molar-refractivity contribution in [3.8, 4) is 0 Å². The first-order valence-electron chi connectivity index (χ1n) is 9.87. The molecule has 1 atom stereocenters. The molecule has 3 aromatic rings. The van der Waals surface area contributed by atoms with Gasteiger partial charge in [0.05, 0.1) is 26.3 Å². The molecule has 0 bridgehead atoms. The number of anilines is 1. The minimum absolute atomic E-state index is 0.0703. The molecular weight excluding hydrogens is 472 g/mol. The molecular formula is C21H19ClN4O4S2. The Balaban J connectivity index is 1.60. The monoisotopic (exact) mass is 490 g/mol. The van der Waals surface area contributed by atoms with Gasteiger partial charge in [0.25, 0.3) is 11.2 Å². The Morgan fingerprint density at radius 3 is 2.97 bits per heavy atom. The number of aryl methyl sites for hydroxylation is 2. The van der Waals surface area contributed by atoms with Gasteiger partial charge in [-0.2, -0.15) is 0 Å². The number of fused-ring (bicyclic) bond motifs is 3. The first-order chi connectivity index (χ1) is 15.3. The van der Waals surface area contributed by atoms with Crippen molar-refractivity contribution < 1.29 is 9.72 Å². The molecule has 0 radical (unpaired) electrons. The van der Waals surface area contributed by atoms with E-state index in [1.807, 2.05) is 0 Å². The summed E-state index contributed by atoms with van der Waals surface area (Å²) >= 11 is 8.80. The predicted molar refractivity (Wildman–Crippen MR) is 128 cm³/mol. The molecule has 1 aliphatic rings. The molecule has 1 aliphatic carbocycles. The summed E-state index contributed by atoms with van der Waals surface area (Å²) in [7, 11) is 0. The van der Waals surface area contributed by atoms with Gasteiger partial charge in [-0.05, 0) is 37.8 Å². The lowest BCUT2D eigenvalue weighted by atomic mass is 10.2. The van der Waals surface area contributed by atoms with Gasteiger partial charge in [0.2, 0.25) is 5.91 Å². The Morgan fingerprint density at radius 1 is 1.50 bits per heavy atom. The van der Waals surface area contributed by atoms with Crippen LogP contribution in [0.3, 0.4) is 0 Å². The summed E-state index contributed by atoms with van der Waals surface area (Å²) in [6.45, 7) is 5.73. The number of hydrogen-bond donors (Lipinski definition) is 1. The van der Waals surface area contributed by atoms with E-state index in [4.69, 9.17) is 16.6 Å². The van der Waals surface area contributed by atoms with E-state index < -0.39 is 10.2 Å². The molecule has 1 unspecified atom stereocenters. The van der Waals surface area contributed by atoms with Crippen molar-refractivity contribution in [2.24, 2.45) is 0 Å². The number of nitrogens with zero attached hydrogens (tertiary/aromatic N) is 3. The number of nitrogens with one attached hydrogen (secondary N) is 1. The molecule has 2 heterocycles. The number of rotatable bonds is 7. The van der Waals surface area contributed by atoms with Crippen LogP contribution in [0.25, 0.3) is 10.2 Å². The summed E-state index contributed by atoms with van der Waals surface area (Å²) in [5, 5.41) is 14.1. The van der Waals surface area contributed by atoms with Crippen LogP contribution in [-0.2, 0) is 24.2 Å². The number of benzene rings is 1. The van der Waals surface area contributed by atoms with Gasteiger partial charge >= 0.3 is 0 Å². The summed E-state index contributed by atoms with van der Waals surface area (Å²) < 4.78 is 1.55. The van der Waals surface area contributed by atoms with E-state index in [9.17, 15) is 19.7 Å². The number of amides is 1. The van der Waals surface area contributed by atoms with Crippen LogP contribution in [0.2, 0.25) is 5.02 Å². The average molecular weight is 491 g/mol. The fraction of sp³-hybridized carbons (Fsp3) is 0.286. The third-order valence-electron chi connectivity index (χ3n) is 5.17. The van der Waals surface area contributed by atoms with Crippen molar-refractivity contribution in [2.75, 3.05) is 5.32 Å². The topological polar surface area (TPSA) is 107 Å². The maximum atomic E-state index is 13.2. The Labute approximate surface area is 196 Å². The van der Waals surface area contributed by atoms with Gasteiger partial charge in [-0.3, -0.25) is 24.3 Å². The lowest BCUT2D eigenvalue weighted by molar-refractivity contribution is -0.384. The lowest BCUT2D eigenvalue weighted by Crippen LogP contribution is -2.27. The lowest BCUT2D eigenvalue weighted by Gasteiger charge is -2.15. The van der Waals surface area contributed by atoms with Gasteiger partial charge in [0.1, 0.15) is 4.83 Å². The molecule has 2 aromatic heterocycles. The highest BCUT2D eigenvalue weighted by Crippen LogP contribution is 2.36. The number of nitro groups is 1. The van der Waals surface area contributed by atoms with Crippen molar-refractivity contribution in [2.45, 2.75) is 43.1 Å². The Morgan fingerprint density at radius 2 is 2.28 bits per heavy atom. The van der Waals surface area contributed by atoms with Crippen LogP contribution >= 0.6 is 34.7 Å². The van der Waals surface area contributed by atoms with E-state index in [-0.39, 0.29) is 34.4 Å². The van der Waals surface area contributed by atoms with E-state index in [0.717, 1.165) is 24.8 Å². The van der Waals surface area contributed by atoms with Gasteiger partial charge in [-0.1, -0.05) is 29.4 Å². The minimum Gasteiger partial charge on any atom is -0.324 e. The molecule has 0 aliphatic heterocycles. The molecule has 0 fully saturated rings. The fourth-order valence-corrected chi connectivity index (χ4v) is 6.05. The number of thioether (sulfide) groups is 1. The normalized spacial score (nSPS) is 13.7. The molecule has 0 spiro atoms. The van der Waals surface area contributed by atoms with Crippen molar-refractivity contribution >= 4 is 62.2 Å². The van der Waals surface area contributed by atoms with Gasteiger partial charge in [0.15, 0.2) is 5.16 Å². The van der Waals surface area contributed by atoms with Crippen LogP contribution in [0.1, 0.15) is 23.8 Å². The molecule has 0 saturated heterocycles. The largest absolute Gasteiger partial charge is 0.324 e. The summed E-state index contributed by atoms with van der Waals surface area (Å²) in [6, 6.07) is 3.84. The number of thiophene rings is 1. The summed E-state index contributed by atoms with van der Waals surface area (Å²) in [5.41, 5.74) is 1.11. The molecule has 1 N–H and O–H groups in total. The highest BCUT2D eigenvalue weighted by Gasteiger charge is 2.25. The number of non-ortho nitro benzene ring substituents is 1. The van der Waals surface area contributed by atoms with Crippen molar-refractivity contribution in [3.05, 3.63) is 66.8 Å². The van der Waals surface area contributed by atoms with Crippen LogP contribution in [0.15, 0.2) is 40.8 Å². The zero-order valence-electron chi connectivity index (χ0n) is 17.1. The van der Waals surface area contributed by atoms with Crippen LogP contribution in [0, 0.1) is 10.1 Å². The van der Waals surface area contributed by atoms with Gasteiger partial charge in [0, 0.05) is 23.6 Å². The average Bonchev–Trinajstić information content (AvgIpc) is 3.32. The highest BCUT2D eigenvalue weighted by molar-refractivity contribution is 8.00. The van der Waals surface area contributed by atoms with Crippen molar-refractivity contribution in [3.63, 3.8) is 0 Å². The van der Waals surface area contributed by atoms with E-state index in [2.05, 4.69) is 11.9 Å². The second-order valence-electron chi connectivity index (χ2n) is 7.31. The number of carbonyl (C=O) groups excluding carboxylic acids is 1. The number of allylic oxidation sites excluding steroid dienone is 1. The maximum absolute atomic E-state index is 13.2. The minimum atomic E-state index is -0.603. The quantitative estimate of drug-likeness (QED) is 0.167. The molecule has 11 heteroatoms. The van der Waals surface area contributed by atoms with Gasteiger partial charge in [-0.25, -0.2) is 4.98 Å². The molecule has 1 aromatic carbocycles. The van der Waals surface area contributed by atoms with Crippen LogP contribution in [0.4, 0.5) is 11.4 Å². The zero-order chi connectivity index (χ0) is 23.0. The molecule has 166 valence electrons. The van der Waals surface area contributed by atoms with Crippen LogP contribution in [0.5, 0.6) is 0 Å². The smallest absolute Gasteiger partial charge is 0.271 e. The third kappa shape index (κ3) is 4.17. The fourth-order valence-electron chi connectivity index (χ4n) is 3.60. The highest BCUT2D eigenvalue weighted by atomic mass is 35.5. The number of carbonyl (C=O) groups is 1. The van der Waals surface area contributed by atoms with E-state index in [0.29, 0.717) is 15.4 Å². The summed E-state index contributed by atoms with van der Waals surface area (Å²) in [6.07, 6.45) is 4.54. The SMILES string of the molecule is C=CCn1c(SC(C)C(=O)Nc2ccc([N+](=O)[O-])cc2Cl)nc2sc3c(c2c1=O)CCC3. The molecule has 0 saturated carbocycles. The Kier molecular flexibility index (Phi) is 6.36. The number of aromatic nitrogens is 2. The van der Waals surface area contributed by atoms with Crippen molar-refractivity contribution in [1.82, 2.24) is 9.55 Å². The standard InChI is InChI=1S/C21H19ClN4O4S2/c1-3-9-25-20(28)17-13-5-4-6-16(13)32-19(17)24-21(25)31-11(2)18(27)23-15-8-7-12(26(29)30)10-14(15)22/h3,7-8,10-11H,1,4-6,9H2,2H3,(H,23,27). The summed E-state index contributed by atoms with van der Waals surface area (Å²) in [5.74, 6) is -0.362. The summed E-state index contributed by atoms with van der Waals surface area (Å²) in [4.78, 5) is 42.9. The van der Waals surface area contributed by atoms with Gasteiger partial charge in [-0.15, -0.1) is 17.9 Å². The molecule has 1 amide bonds. The Bertz CT molecular complexity index is 1320. The van der Waals surface area contributed by atoms with E-state index >= 15 is 0 Å². The first-order valence-corrected chi connectivity index (χ1v) is 11.9. The number of hydrogen-bond acceptors (Lipinski definition) is 7. The molecule has 32 heavy (non-hydrogen) atoms. The van der Waals surface area contributed by atoms with E-state index in [1.54, 1.807) is 28.9 Å². The maximum Gasteiger partial charge on any atom is 0.271 e. The van der Waals surface area contributed by atoms with Crippen LogP contribution in [-0.4, -0.2) is 25.6 Å². The first kappa shape index (κ1) is 22.5. The number of nitro benzene ring substituents is 1. The van der Waals surface area contributed by atoms with Gasteiger partial charge < -0.3 is 5.32 Å². The number of halogens is 1. The van der Waals surface area contributed by atoms with E-state index in [1.165, 1.54) is 34.8 Å². The second kappa shape index (κ2) is 9.05. The molecule has 8 nitrogen and oxygen atoms in total. The molecule has 4 rings (SSSR count).